The molecule has 9 heteroatoms. The van der Waals surface area contributed by atoms with Crippen LogP contribution in [0.2, 0.25) is 0 Å². The van der Waals surface area contributed by atoms with E-state index in [0.29, 0.717) is 32.2 Å². The second-order valence-corrected chi connectivity index (χ2v) is 7.40. The maximum atomic E-state index is 12.1. The summed E-state index contributed by atoms with van der Waals surface area (Å²) in [4.78, 5) is 23.8. The minimum Gasteiger partial charge on any atom is -0.464 e. The van der Waals surface area contributed by atoms with E-state index in [1.54, 1.807) is 0 Å². The van der Waals surface area contributed by atoms with E-state index in [2.05, 4.69) is 5.32 Å². The molecule has 6 N–H and O–H groups in total. The molecule has 0 amide bonds. The fraction of sp³-hybridized carbons (Fsp3) is 0.833. The zero-order chi connectivity index (χ0) is 20.9. The first-order chi connectivity index (χ1) is 12.7. The van der Waals surface area contributed by atoms with Crippen LogP contribution in [0.3, 0.4) is 0 Å². The van der Waals surface area contributed by atoms with Crippen molar-refractivity contribution in [3.05, 3.63) is 0 Å². The number of carbonyl (C=O) groups excluding carboxylic acids is 2. The van der Waals surface area contributed by atoms with Gasteiger partial charge in [-0.2, -0.15) is 0 Å². The van der Waals surface area contributed by atoms with Gasteiger partial charge in [0.2, 0.25) is 0 Å². The van der Waals surface area contributed by atoms with Crippen molar-refractivity contribution in [3.8, 4) is 0 Å². The van der Waals surface area contributed by atoms with Gasteiger partial charge in [0.1, 0.15) is 12.1 Å². The summed E-state index contributed by atoms with van der Waals surface area (Å²) in [5, 5.41) is 9.73. The maximum absolute atomic E-state index is 12.1. The van der Waals surface area contributed by atoms with Gasteiger partial charge in [-0.15, -0.1) is 11.6 Å². The predicted molar refractivity (Wildman–Crippen MR) is 107 cm³/mol. The zero-order valence-corrected chi connectivity index (χ0v) is 17.4. The lowest BCUT2D eigenvalue weighted by atomic mass is 9.82. The van der Waals surface area contributed by atoms with Crippen LogP contribution in [0.4, 0.5) is 0 Å². The van der Waals surface area contributed by atoms with Crippen molar-refractivity contribution in [1.82, 2.24) is 5.32 Å². The van der Waals surface area contributed by atoms with Gasteiger partial charge in [0.25, 0.3) is 0 Å². The van der Waals surface area contributed by atoms with Gasteiger partial charge in [-0.3, -0.25) is 15.0 Å². The molecule has 0 bridgehead atoms. The van der Waals surface area contributed by atoms with E-state index >= 15 is 0 Å². The van der Waals surface area contributed by atoms with Gasteiger partial charge >= 0.3 is 11.9 Å². The van der Waals surface area contributed by atoms with E-state index in [0.717, 1.165) is 6.42 Å². The lowest BCUT2D eigenvalue weighted by Crippen LogP contribution is -2.38. The Balaban J connectivity index is 4.46. The molecule has 3 atom stereocenters. The number of rotatable bonds is 14. The van der Waals surface area contributed by atoms with Crippen molar-refractivity contribution >= 4 is 29.5 Å². The largest absolute Gasteiger partial charge is 0.464 e. The number of nitrogens with one attached hydrogen (secondary N) is 2. The number of carbonyl (C=O) groups is 2. The summed E-state index contributed by atoms with van der Waals surface area (Å²) in [6.45, 7) is 6.65. The predicted octanol–water partition coefficient (Wildman–Crippen LogP) is 1.88. The highest BCUT2D eigenvalue weighted by atomic mass is 35.5. The first-order valence-corrected chi connectivity index (χ1v) is 9.96. The van der Waals surface area contributed by atoms with Gasteiger partial charge in [0.05, 0.1) is 13.0 Å². The third-order valence-electron chi connectivity index (χ3n) is 4.50. The molecule has 27 heavy (non-hydrogen) atoms. The average molecular weight is 407 g/mol. The van der Waals surface area contributed by atoms with Gasteiger partial charge < -0.3 is 26.3 Å². The second-order valence-electron chi connectivity index (χ2n) is 7.02. The number of halogens is 1. The number of nitrogens with two attached hydrogens (primary N) is 2. The molecule has 0 radical (unpaired) electrons. The lowest BCUT2D eigenvalue weighted by molar-refractivity contribution is -0.155. The standard InChI is InChI=1S/C18H35ClN4O4/c1-4-13(27-15(24)8-9-19)11-18(3,5-2)12-26-16(25)14(20)7-6-10-23-17(21)22/h13-14H,4-12,20H2,1-3H3,(H4,21,22,23)/t13?,14-,18?/m0/s1. The van der Waals surface area contributed by atoms with Crippen LogP contribution in [-0.4, -0.2) is 49.1 Å². The summed E-state index contributed by atoms with van der Waals surface area (Å²) < 4.78 is 10.9. The van der Waals surface area contributed by atoms with Crippen LogP contribution in [0.5, 0.6) is 0 Å². The molecule has 0 saturated carbocycles. The van der Waals surface area contributed by atoms with E-state index < -0.39 is 12.0 Å². The number of esters is 2. The van der Waals surface area contributed by atoms with Crippen molar-refractivity contribution in [1.29, 1.82) is 5.41 Å². The number of guanidine groups is 1. The number of hydrogen-bond donors (Lipinski definition) is 4. The minimum absolute atomic E-state index is 0.109. The van der Waals surface area contributed by atoms with Gasteiger partial charge in [-0.25, -0.2) is 0 Å². The second kappa shape index (κ2) is 13.6. The van der Waals surface area contributed by atoms with Gasteiger partial charge in [0, 0.05) is 17.8 Å². The van der Waals surface area contributed by atoms with Crippen molar-refractivity contribution < 1.29 is 19.1 Å². The molecule has 0 rings (SSSR count). The fourth-order valence-electron chi connectivity index (χ4n) is 2.46. The minimum atomic E-state index is -0.719. The van der Waals surface area contributed by atoms with Gasteiger partial charge in [-0.05, 0) is 32.1 Å². The summed E-state index contributed by atoms with van der Waals surface area (Å²) in [5.41, 5.74) is 10.7. The van der Waals surface area contributed by atoms with Crippen LogP contribution in [0, 0.1) is 10.8 Å². The molecule has 0 aliphatic carbocycles. The van der Waals surface area contributed by atoms with Crippen LogP contribution in [0.15, 0.2) is 0 Å². The van der Waals surface area contributed by atoms with E-state index in [9.17, 15) is 9.59 Å². The molecule has 0 fully saturated rings. The van der Waals surface area contributed by atoms with Crippen molar-refractivity contribution in [2.75, 3.05) is 19.0 Å². The highest BCUT2D eigenvalue weighted by molar-refractivity contribution is 6.18. The third-order valence-corrected chi connectivity index (χ3v) is 4.69. The molecule has 0 aromatic rings. The first kappa shape index (κ1) is 25.5. The van der Waals surface area contributed by atoms with Crippen molar-refractivity contribution in [3.63, 3.8) is 0 Å². The Morgan fingerprint density at radius 1 is 1.33 bits per heavy atom. The monoisotopic (exact) mass is 406 g/mol. The Bertz CT molecular complexity index is 478. The average Bonchev–Trinajstić information content (AvgIpc) is 2.62. The van der Waals surface area contributed by atoms with Gasteiger partial charge in [-0.1, -0.05) is 20.8 Å². The number of ether oxygens (including phenoxy) is 2. The summed E-state index contributed by atoms with van der Waals surface area (Å²) >= 11 is 5.57. The SMILES string of the molecule is CCC(CC(C)(CC)COC(=O)[C@@H](N)CCCNC(=N)N)OC(=O)CCCl. The van der Waals surface area contributed by atoms with Crippen LogP contribution in [-0.2, 0) is 19.1 Å². The molecule has 2 unspecified atom stereocenters. The van der Waals surface area contributed by atoms with E-state index in [1.165, 1.54) is 0 Å². The summed E-state index contributed by atoms with van der Waals surface area (Å²) in [6, 6.07) is -0.719. The quantitative estimate of drug-likeness (QED) is 0.113. The lowest BCUT2D eigenvalue weighted by Gasteiger charge is -2.31. The number of alkyl halides is 1. The first-order valence-electron chi connectivity index (χ1n) is 9.43. The molecule has 0 saturated heterocycles. The molecule has 0 heterocycles. The molecule has 0 aliphatic heterocycles. The Labute approximate surface area is 167 Å². The smallest absolute Gasteiger partial charge is 0.322 e. The Morgan fingerprint density at radius 2 is 2.00 bits per heavy atom. The molecular formula is C18H35ClN4O4. The molecule has 0 spiro atoms. The Morgan fingerprint density at radius 3 is 2.52 bits per heavy atom. The molecule has 0 aliphatic rings. The summed E-state index contributed by atoms with van der Waals surface area (Å²) in [5.74, 6) is -0.641. The van der Waals surface area contributed by atoms with E-state index in [-0.39, 0.29) is 42.4 Å². The molecular weight excluding hydrogens is 372 g/mol. The zero-order valence-electron chi connectivity index (χ0n) is 16.7. The molecule has 8 nitrogen and oxygen atoms in total. The molecule has 158 valence electrons. The maximum Gasteiger partial charge on any atom is 0.322 e. The third kappa shape index (κ3) is 11.7. The van der Waals surface area contributed by atoms with E-state index in [1.807, 2.05) is 20.8 Å². The Kier molecular flexibility index (Phi) is 12.8. The van der Waals surface area contributed by atoms with Crippen molar-refractivity contribution in [2.45, 2.75) is 71.4 Å². The van der Waals surface area contributed by atoms with E-state index in [4.69, 9.17) is 38.0 Å². The van der Waals surface area contributed by atoms with Gasteiger partial charge in [0.15, 0.2) is 5.96 Å². The number of hydrogen-bond acceptors (Lipinski definition) is 6. The highest BCUT2D eigenvalue weighted by Gasteiger charge is 2.30. The Hall–Kier alpha value is -1.54. The highest BCUT2D eigenvalue weighted by Crippen LogP contribution is 2.30. The van der Waals surface area contributed by atoms with Crippen LogP contribution in [0.25, 0.3) is 0 Å². The van der Waals surface area contributed by atoms with Crippen molar-refractivity contribution in [2.24, 2.45) is 16.9 Å². The fourth-order valence-corrected chi connectivity index (χ4v) is 2.62. The topological polar surface area (TPSA) is 141 Å². The van der Waals surface area contributed by atoms with Crippen LogP contribution < -0.4 is 16.8 Å². The normalized spacial score (nSPS) is 15.3. The summed E-state index contributed by atoms with van der Waals surface area (Å²) in [7, 11) is 0. The van der Waals surface area contributed by atoms with Crippen LogP contribution >= 0.6 is 11.6 Å². The van der Waals surface area contributed by atoms with Crippen LogP contribution in [0.1, 0.15) is 59.3 Å². The molecule has 0 aromatic heterocycles. The molecule has 0 aromatic carbocycles. The summed E-state index contributed by atoms with van der Waals surface area (Å²) in [6.07, 6.45) is 3.03.